The molecule has 0 amide bonds. The standard InChI is InChI=1S/C15H11BrFN3/c16-11-6-10-14(7-12(11)17)19-13(8-15(10)20-18)9-4-2-1-3-5-9/h1-8H,18H2,(H,19,20). The van der Waals surface area contributed by atoms with Crippen molar-refractivity contribution in [3.63, 3.8) is 0 Å². The number of rotatable bonds is 2. The molecule has 1 aromatic heterocycles. The molecule has 0 radical (unpaired) electrons. The van der Waals surface area contributed by atoms with Gasteiger partial charge in [0.05, 0.1) is 21.4 Å². The number of benzene rings is 2. The lowest BCUT2D eigenvalue weighted by molar-refractivity contribution is 0.623. The molecule has 0 fully saturated rings. The summed E-state index contributed by atoms with van der Waals surface area (Å²) in [4.78, 5) is 4.50. The summed E-state index contributed by atoms with van der Waals surface area (Å²) in [5.41, 5.74) is 5.60. The maximum Gasteiger partial charge on any atom is 0.139 e. The lowest BCUT2D eigenvalue weighted by Gasteiger charge is -2.10. The average molecular weight is 332 g/mol. The maximum absolute atomic E-state index is 13.7. The third kappa shape index (κ3) is 2.26. The number of fused-ring (bicyclic) bond motifs is 1. The fourth-order valence-electron chi connectivity index (χ4n) is 2.10. The molecule has 0 atom stereocenters. The van der Waals surface area contributed by atoms with Gasteiger partial charge >= 0.3 is 0 Å². The number of hydrazine groups is 1. The predicted octanol–water partition coefficient (Wildman–Crippen LogP) is 4.09. The Labute approximate surface area is 123 Å². The van der Waals surface area contributed by atoms with Crippen molar-refractivity contribution in [3.05, 3.63) is 58.8 Å². The molecule has 0 saturated heterocycles. The molecule has 0 aliphatic carbocycles. The van der Waals surface area contributed by atoms with Gasteiger partial charge in [-0.3, -0.25) is 5.84 Å². The van der Waals surface area contributed by atoms with Crippen molar-refractivity contribution in [2.24, 2.45) is 5.84 Å². The molecule has 1 heterocycles. The van der Waals surface area contributed by atoms with Crippen molar-refractivity contribution in [2.45, 2.75) is 0 Å². The third-order valence-electron chi connectivity index (χ3n) is 3.08. The number of hydrogen-bond acceptors (Lipinski definition) is 3. The van der Waals surface area contributed by atoms with Crippen molar-refractivity contribution in [2.75, 3.05) is 5.43 Å². The minimum Gasteiger partial charge on any atom is -0.323 e. The second-order valence-corrected chi connectivity index (χ2v) is 5.20. The van der Waals surface area contributed by atoms with Gasteiger partial charge < -0.3 is 5.43 Å². The van der Waals surface area contributed by atoms with Crippen LogP contribution in [-0.2, 0) is 0 Å². The van der Waals surface area contributed by atoms with Gasteiger partial charge in [0.2, 0.25) is 0 Å². The Morgan fingerprint density at radius 2 is 1.85 bits per heavy atom. The van der Waals surface area contributed by atoms with E-state index >= 15 is 0 Å². The normalized spacial score (nSPS) is 10.8. The predicted molar refractivity (Wildman–Crippen MR) is 82.6 cm³/mol. The van der Waals surface area contributed by atoms with Crippen LogP contribution in [0.25, 0.3) is 22.2 Å². The molecule has 2 aromatic carbocycles. The Morgan fingerprint density at radius 3 is 2.55 bits per heavy atom. The van der Waals surface area contributed by atoms with Gasteiger partial charge in [0, 0.05) is 17.0 Å². The van der Waals surface area contributed by atoms with Gasteiger partial charge in [0.15, 0.2) is 0 Å². The summed E-state index contributed by atoms with van der Waals surface area (Å²) in [6.45, 7) is 0. The number of nitrogens with two attached hydrogens (primary N) is 1. The summed E-state index contributed by atoms with van der Waals surface area (Å²) in [7, 11) is 0. The highest BCUT2D eigenvalue weighted by molar-refractivity contribution is 9.10. The van der Waals surface area contributed by atoms with Gasteiger partial charge in [-0.1, -0.05) is 30.3 Å². The first-order chi connectivity index (χ1) is 9.69. The van der Waals surface area contributed by atoms with E-state index in [0.717, 1.165) is 16.6 Å². The highest BCUT2D eigenvalue weighted by Gasteiger charge is 2.10. The number of nitrogens with one attached hydrogen (secondary N) is 1. The summed E-state index contributed by atoms with van der Waals surface area (Å²) in [6.07, 6.45) is 0. The Bertz CT molecular complexity index is 775. The number of halogens is 2. The zero-order chi connectivity index (χ0) is 14.1. The molecule has 20 heavy (non-hydrogen) atoms. The molecule has 0 unspecified atom stereocenters. The second-order valence-electron chi connectivity index (χ2n) is 4.35. The third-order valence-corrected chi connectivity index (χ3v) is 3.68. The molecule has 0 aliphatic rings. The van der Waals surface area contributed by atoms with Crippen LogP contribution in [0.2, 0.25) is 0 Å². The highest BCUT2D eigenvalue weighted by atomic mass is 79.9. The fraction of sp³-hybridized carbons (Fsp3) is 0. The molecular formula is C15H11BrFN3. The van der Waals surface area contributed by atoms with Gasteiger partial charge in [-0.2, -0.15) is 0 Å². The molecule has 3 nitrogen and oxygen atoms in total. The summed E-state index contributed by atoms with van der Waals surface area (Å²) in [6, 6.07) is 14.6. The van der Waals surface area contributed by atoms with Crippen molar-refractivity contribution in [1.29, 1.82) is 0 Å². The molecule has 5 heteroatoms. The summed E-state index contributed by atoms with van der Waals surface area (Å²) >= 11 is 3.17. The molecule has 0 bridgehead atoms. The van der Waals surface area contributed by atoms with E-state index in [-0.39, 0.29) is 5.82 Å². The van der Waals surface area contributed by atoms with Crippen LogP contribution in [0.15, 0.2) is 53.0 Å². The Morgan fingerprint density at radius 1 is 1.10 bits per heavy atom. The van der Waals surface area contributed by atoms with E-state index in [4.69, 9.17) is 5.84 Å². The van der Waals surface area contributed by atoms with E-state index < -0.39 is 0 Å². The molecule has 0 aliphatic heterocycles. The van der Waals surface area contributed by atoms with Crippen molar-refractivity contribution in [3.8, 4) is 11.3 Å². The van der Waals surface area contributed by atoms with Crippen molar-refractivity contribution in [1.82, 2.24) is 4.98 Å². The number of aromatic nitrogens is 1. The van der Waals surface area contributed by atoms with Crippen LogP contribution in [0.3, 0.4) is 0 Å². The number of nitrogen functional groups attached to an aromatic ring is 1. The van der Waals surface area contributed by atoms with Crippen molar-refractivity contribution < 1.29 is 4.39 Å². The van der Waals surface area contributed by atoms with Gasteiger partial charge in [0.1, 0.15) is 5.82 Å². The van der Waals surface area contributed by atoms with Crippen LogP contribution in [0.1, 0.15) is 0 Å². The van der Waals surface area contributed by atoms with E-state index in [0.29, 0.717) is 15.7 Å². The number of anilines is 1. The van der Waals surface area contributed by atoms with E-state index in [1.807, 2.05) is 36.4 Å². The average Bonchev–Trinajstić information content (AvgIpc) is 2.48. The van der Waals surface area contributed by atoms with Crippen LogP contribution in [0.5, 0.6) is 0 Å². The van der Waals surface area contributed by atoms with Crippen LogP contribution >= 0.6 is 15.9 Å². The van der Waals surface area contributed by atoms with E-state index in [9.17, 15) is 4.39 Å². The molecule has 3 aromatic rings. The summed E-state index contributed by atoms with van der Waals surface area (Å²) in [5.74, 6) is 5.22. The van der Waals surface area contributed by atoms with Crippen LogP contribution < -0.4 is 11.3 Å². The quantitative estimate of drug-likeness (QED) is 0.549. The topological polar surface area (TPSA) is 50.9 Å². The summed E-state index contributed by atoms with van der Waals surface area (Å²) < 4.78 is 14.1. The lowest BCUT2D eigenvalue weighted by Crippen LogP contribution is -2.08. The Kier molecular flexibility index (Phi) is 3.38. The Hall–Kier alpha value is -1.98. The summed E-state index contributed by atoms with van der Waals surface area (Å²) in [5, 5.41) is 0.764. The first-order valence-corrected chi connectivity index (χ1v) is 6.80. The number of nitrogens with zero attached hydrogens (tertiary/aromatic N) is 1. The highest BCUT2D eigenvalue weighted by Crippen LogP contribution is 2.31. The maximum atomic E-state index is 13.7. The first kappa shape index (κ1) is 13.0. The zero-order valence-electron chi connectivity index (χ0n) is 10.4. The fourth-order valence-corrected chi connectivity index (χ4v) is 2.44. The molecular weight excluding hydrogens is 321 g/mol. The number of pyridine rings is 1. The molecule has 3 N–H and O–H groups in total. The largest absolute Gasteiger partial charge is 0.323 e. The van der Waals surface area contributed by atoms with E-state index in [2.05, 4.69) is 26.3 Å². The first-order valence-electron chi connectivity index (χ1n) is 6.01. The monoisotopic (exact) mass is 331 g/mol. The zero-order valence-corrected chi connectivity index (χ0v) is 12.0. The molecule has 0 saturated carbocycles. The van der Waals surface area contributed by atoms with Gasteiger partial charge in [0.25, 0.3) is 0 Å². The SMILES string of the molecule is NNc1cc(-c2ccccc2)nc2cc(F)c(Br)cc12. The van der Waals surface area contributed by atoms with Gasteiger partial charge in [-0.05, 0) is 28.1 Å². The van der Waals surface area contributed by atoms with Crippen LogP contribution in [-0.4, -0.2) is 4.98 Å². The molecule has 3 rings (SSSR count). The lowest BCUT2D eigenvalue weighted by atomic mass is 10.1. The van der Waals surface area contributed by atoms with E-state index in [1.165, 1.54) is 6.07 Å². The van der Waals surface area contributed by atoms with E-state index in [1.54, 1.807) is 6.07 Å². The van der Waals surface area contributed by atoms with Gasteiger partial charge in [-0.15, -0.1) is 0 Å². The molecule has 0 spiro atoms. The van der Waals surface area contributed by atoms with Crippen molar-refractivity contribution >= 4 is 32.5 Å². The van der Waals surface area contributed by atoms with Crippen LogP contribution in [0.4, 0.5) is 10.1 Å². The smallest absolute Gasteiger partial charge is 0.139 e. The Balaban J connectivity index is 2.29. The number of hydrogen-bond donors (Lipinski definition) is 2. The minimum absolute atomic E-state index is 0.349. The second kappa shape index (κ2) is 5.19. The minimum atomic E-state index is -0.349. The van der Waals surface area contributed by atoms with Crippen LogP contribution in [0, 0.1) is 5.82 Å². The molecule has 100 valence electrons. The van der Waals surface area contributed by atoms with Gasteiger partial charge in [-0.25, -0.2) is 9.37 Å².